The van der Waals surface area contributed by atoms with Crippen molar-refractivity contribution in [2.75, 3.05) is 5.32 Å². The third-order valence-electron chi connectivity index (χ3n) is 3.32. The number of carbonyl (C=O) groups is 1. The molecule has 2 aromatic carbocycles. The molecule has 1 unspecified atom stereocenters. The Hall–Kier alpha value is -2.36. The third-order valence-corrected chi connectivity index (χ3v) is 3.32. The summed E-state index contributed by atoms with van der Waals surface area (Å²) in [4.78, 5) is 11.6. The summed E-state index contributed by atoms with van der Waals surface area (Å²) < 4.78 is 13.7. The predicted molar refractivity (Wildman–Crippen MR) is 76.2 cm³/mol. The molecular formula is C16H16FNO2. The van der Waals surface area contributed by atoms with Crippen LogP contribution in [-0.4, -0.2) is 11.1 Å². The van der Waals surface area contributed by atoms with Crippen LogP contribution in [0.15, 0.2) is 48.5 Å². The second-order valence-electron chi connectivity index (χ2n) is 4.90. The highest BCUT2D eigenvalue weighted by Gasteiger charge is 2.35. The van der Waals surface area contributed by atoms with E-state index in [1.807, 2.05) is 19.1 Å². The van der Waals surface area contributed by atoms with Crippen molar-refractivity contribution in [2.24, 2.45) is 0 Å². The summed E-state index contributed by atoms with van der Waals surface area (Å²) >= 11 is 0. The Kier molecular flexibility index (Phi) is 3.74. The standard InChI is InChI=1S/C16H16FNO2/c1-11-7-9-12(10-8-11)16(2,15(19)20)18-14-6-4-3-5-13(14)17/h3-10,18H,1-2H3,(H,19,20). The Bertz CT molecular complexity index is 625. The van der Waals surface area contributed by atoms with E-state index >= 15 is 0 Å². The van der Waals surface area contributed by atoms with Gasteiger partial charge in [-0.2, -0.15) is 0 Å². The lowest BCUT2D eigenvalue weighted by atomic mass is 9.91. The largest absolute Gasteiger partial charge is 0.479 e. The summed E-state index contributed by atoms with van der Waals surface area (Å²) in [5, 5.41) is 12.3. The fourth-order valence-corrected chi connectivity index (χ4v) is 1.97. The number of carboxylic acids is 1. The fourth-order valence-electron chi connectivity index (χ4n) is 1.97. The molecule has 104 valence electrons. The molecule has 2 N–H and O–H groups in total. The Labute approximate surface area is 117 Å². The first-order chi connectivity index (χ1) is 9.43. The second-order valence-corrected chi connectivity index (χ2v) is 4.90. The van der Waals surface area contributed by atoms with Gasteiger partial charge < -0.3 is 10.4 Å². The molecule has 3 nitrogen and oxygen atoms in total. The zero-order valence-electron chi connectivity index (χ0n) is 11.4. The molecule has 4 heteroatoms. The molecule has 0 bridgehead atoms. The summed E-state index contributed by atoms with van der Waals surface area (Å²) in [6.45, 7) is 3.44. The van der Waals surface area contributed by atoms with Crippen molar-refractivity contribution in [2.45, 2.75) is 19.4 Å². The van der Waals surface area contributed by atoms with Crippen LogP contribution in [0.5, 0.6) is 0 Å². The van der Waals surface area contributed by atoms with E-state index in [1.165, 1.54) is 19.1 Å². The van der Waals surface area contributed by atoms with Crippen molar-refractivity contribution in [3.63, 3.8) is 0 Å². The van der Waals surface area contributed by atoms with Gasteiger partial charge in [0.2, 0.25) is 0 Å². The van der Waals surface area contributed by atoms with Crippen LogP contribution in [-0.2, 0) is 10.3 Å². The molecule has 1 atom stereocenters. The molecule has 0 saturated heterocycles. The van der Waals surface area contributed by atoms with Gasteiger partial charge in [0.1, 0.15) is 5.82 Å². The van der Waals surface area contributed by atoms with E-state index in [9.17, 15) is 14.3 Å². The highest BCUT2D eigenvalue weighted by atomic mass is 19.1. The van der Waals surface area contributed by atoms with Crippen LogP contribution < -0.4 is 5.32 Å². The number of hydrogen-bond donors (Lipinski definition) is 2. The van der Waals surface area contributed by atoms with Crippen molar-refractivity contribution in [1.82, 2.24) is 0 Å². The number of carboxylic acid groups (broad SMARTS) is 1. The fraction of sp³-hybridized carbons (Fsp3) is 0.188. The Balaban J connectivity index is 2.43. The molecule has 0 saturated carbocycles. The normalized spacial score (nSPS) is 13.6. The highest BCUT2D eigenvalue weighted by molar-refractivity contribution is 5.84. The highest BCUT2D eigenvalue weighted by Crippen LogP contribution is 2.28. The van der Waals surface area contributed by atoms with Crippen LogP contribution in [0.3, 0.4) is 0 Å². The monoisotopic (exact) mass is 273 g/mol. The smallest absolute Gasteiger partial charge is 0.333 e. The lowest BCUT2D eigenvalue weighted by Crippen LogP contribution is -2.40. The van der Waals surface area contributed by atoms with E-state index in [1.54, 1.807) is 24.3 Å². The van der Waals surface area contributed by atoms with E-state index in [0.717, 1.165) is 5.56 Å². The molecule has 0 fully saturated rings. The zero-order chi connectivity index (χ0) is 14.8. The number of aryl methyl sites for hydroxylation is 1. The average molecular weight is 273 g/mol. The van der Waals surface area contributed by atoms with Crippen LogP contribution in [0.2, 0.25) is 0 Å². The van der Waals surface area contributed by atoms with Crippen LogP contribution in [0, 0.1) is 12.7 Å². The minimum absolute atomic E-state index is 0.165. The van der Waals surface area contributed by atoms with E-state index in [4.69, 9.17) is 0 Å². The summed E-state index contributed by atoms with van der Waals surface area (Å²) in [7, 11) is 0. The van der Waals surface area contributed by atoms with Gasteiger partial charge in [-0.3, -0.25) is 0 Å². The maximum absolute atomic E-state index is 13.7. The summed E-state index contributed by atoms with van der Waals surface area (Å²) in [5.74, 6) is -1.54. The van der Waals surface area contributed by atoms with Gasteiger partial charge in [0.25, 0.3) is 0 Å². The molecular weight excluding hydrogens is 257 g/mol. The van der Waals surface area contributed by atoms with Crippen LogP contribution in [0.4, 0.5) is 10.1 Å². The number of aliphatic carboxylic acids is 1. The number of benzene rings is 2. The van der Waals surface area contributed by atoms with Gasteiger partial charge >= 0.3 is 5.97 Å². The van der Waals surface area contributed by atoms with Gasteiger partial charge in [0.15, 0.2) is 5.54 Å². The lowest BCUT2D eigenvalue weighted by Gasteiger charge is -2.28. The number of para-hydroxylation sites is 1. The van der Waals surface area contributed by atoms with Crippen molar-refractivity contribution in [3.05, 3.63) is 65.5 Å². The number of rotatable bonds is 4. The van der Waals surface area contributed by atoms with Gasteiger partial charge in [-0.05, 0) is 31.5 Å². The molecule has 0 aromatic heterocycles. The van der Waals surface area contributed by atoms with Crippen LogP contribution in [0.1, 0.15) is 18.1 Å². The zero-order valence-corrected chi connectivity index (χ0v) is 11.4. The second kappa shape index (κ2) is 5.33. The SMILES string of the molecule is Cc1ccc(C(C)(Nc2ccccc2F)C(=O)O)cc1. The van der Waals surface area contributed by atoms with E-state index in [-0.39, 0.29) is 5.69 Å². The Morgan fingerprint density at radius 1 is 1.15 bits per heavy atom. The van der Waals surface area contributed by atoms with Crippen molar-refractivity contribution in [1.29, 1.82) is 0 Å². The molecule has 0 heterocycles. The molecule has 0 amide bonds. The Morgan fingerprint density at radius 2 is 1.75 bits per heavy atom. The van der Waals surface area contributed by atoms with Gasteiger partial charge in [-0.25, -0.2) is 9.18 Å². The van der Waals surface area contributed by atoms with Crippen LogP contribution in [0.25, 0.3) is 0 Å². The number of nitrogens with one attached hydrogen (secondary N) is 1. The van der Waals surface area contributed by atoms with Crippen molar-refractivity contribution in [3.8, 4) is 0 Å². The van der Waals surface area contributed by atoms with E-state index < -0.39 is 17.3 Å². The number of hydrogen-bond acceptors (Lipinski definition) is 2. The predicted octanol–water partition coefficient (Wildman–Crippen LogP) is 3.55. The van der Waals surface area contributed by atoms with Gasteiger partial charge in [0.05, 0.1) is 5.69 Å². The lowest BCUT2D eigenvalue weighted by molar-refractivity contribution is -0.142. The van der Waals surface area contributed by atoms with Gasteiger partial charge in [-0.1, -0.05) is 42.0 Å². The average Bonchev–Trinajstić information content (AvgIpc) is 2.42. The van der Waals surface area contributed by atoms with E-state index in [2.05, 4.69) is 5.32 Å². The maximum atomic E-state index is 13.7. The first-order valence-corrected chi connectivity index (χ1v) is 6.27. The van der Waals surface area contributed by atoms with Crippen molar-refractivity contribution >= 4 is 11.7 Å². The molecule has 20 heavy (non-hydrogen) atoms. The third kappa shape index (κ3) is 2.64. The first kappa shape index (κ1) is 14.1. The Morgan fingerprint density at radius 3 is 2.30 bits per heavy atom. The number of anilines is 1. The molecule has 0 aliphatic carbocycles. The maximum Gasteiger partial charge on any atom is 0.333 e. The van der Waals surface area contributed by atoms with Crippen LogP contribution >= 0.6 is 0 Å². The quantitative estimate of drug-likeness (QED) is 0.895. The molecule has 2 rings (SSSR count). The molecule has 0 spiro atoms. The summed E-state index contributed by atoms with van der Waals surface area (Å²) in [6, 6.07) is 13.2. The minimum Gasteiger partial charge on any atom is -0.479 e. The molecule has 0 aliphatic heterocycles. The first-order valence-electron chi connectivity index (χ1n) is 6.27. The molecule has 0 aliphatic rings. The summed E-state index contributed by atoms with van der Waals surface area (Å²) in [5.41, 5.74) is 0.375. The van der Waals surface area contributed by atoms with Crippen molar-refractivity contribution < 1.29 is 14.3 Å². The number of halogens is 1. The summed E-state index contributed by atoms with van der Waals surface area (Å²) in [6.07, 6.45) is 0. The van der Waals surface area contributed by atoms with Gasteiger partial charge in [0, 0.05) is 0 Å². The molecule has 2 aromatic rings. The minimum atomic E-state index is -1.39. The molecule has 0 radical (unpaired) electrons. The van der Waals surface area contributed by atoms with Gasteiger partial charge in [-0.15, -0.1) is 0 Å². The van der Waals surface area contributed by atoms with E-state index in [0.29, 0.717) is 5.56 Å². The topological polar surface area (TPSA) is 49.3 Å².